The van der Waals surface area contributed by atoms with E-state index < -0.39 is 0 Å². The molecule has 2 fully saturated rings. The van der Waals surface area contributed by atoms with Gasteiger partial charge in [0.1, 0.15) is 0 Å². The van der Waals surface area contributed by atoms with Crippen molar-refractivity contribution < 1.29 is 4.79 Å². The fraction of sp³-hybridized carbons (Fsp3) is 0.900. The van der Waals surface area contributed by atoms with E-state index in [4.69, 9.17) is 0 Å². The standard InChI is InChI=1S/C10H18N2O/c1-11-10(13)9-6-7-4-2-3-5-8(7)12-9/h7-9,12H,2-6H2,1H3,(H,11,13). The Morgan fingerprint density at radius 3 is 2.85 bits per heavy atom. The molecule has 1 aliphatic heterocycles. The lowest BCUT2D eigenvalue weighted by molar-refractivity contribution is -0.122. The Balaban J connectivity index is 1.94. The van der Waals surface area contributed by atoms with Gasteiger partial charge in [0.15, 0.2) is 0 Å². The fourth-order valence-electron chi connectivity index (χ4n) is 2.70. The first-order valence-electron chi connectivity index (χ1n) is 5.29. The Hall–Kier alpha value is -0.570. The van der Waals surface area contributed by atoms with Crippen molar-refractivity contribution in [2.75, 3.05) is 7.05 Å². The predicted octanol–water partition coefficient (Wildman–Crippen LogP) is 0.653. The Labute approximate surface area is 79.3 Å². The van der Waals surface area contributed by atoms with Gasteiger partial charge in [0.25, 0.3) is 0 Å². The van der Waals surface area contributed by atoms with Crippen molar-refractivity contribution in [3.8, 4) is 0 Å². The summed E-state index contributed by atoms with van der Waals surface area (Å²) in [5.74, 6) is 0.922. The lowest BCUT2D eigenvalue weighted by Gasteiger charge is -2.24. The van der Waals surface area contributed by atoms with Crippen LogP contribution in [0.5, 0.6) is 0 Å². The van der Waals surface area contributed by atoms with Crippen LogP contribution in [0.25, 0.3) is 0 Å². The summed E-state index contributed by atoms with van der Waals surface area (Å²) in [5, 5.41) is 6.15. The molecular formula is C10H18N2O. The van der Waals surface area contributed by atoms with E-state index in [-0.39, 0.29) is 11.9 Å². The average molecular weight is 182 g/mol. The minimum Gasteiger partial charge on any atom is -0.358 e. The maximum Gasteiger partial charge on any atom is 0.236 e. The van der Waals surface area contributed by atoms with E-state index in [1.54, 1.807) is 7.05 Å². The first-order chi connectivity index (χ1) is 6.31. The molecule has 0 radical (unpaired) electrons. The zero-order valence-corrected chi connectivity index (χ0v) is 8.18. The molecule has 74 valence electrons. The molecule has 13 heavy (non-hydrogen) atoms. The minimum atomic E-state index is 0.0816. The van der Waals surface area contributed by atoms with E-state index in [0.717, 1.165) is 12.3 Å². The minimum absolute atomic E-state index is 0.0816. The summed E-state index contributed by atoms with van der Waals surface area (Å²) in [4.78, 5) is 11.4. The number of carbonyl (C=O) groups is 1. The topological polar surface area (TPSA) is 41.1 Å². The number of likely N-dealkylation sites (N-methyl/N-ethyl adjacent to an activating group) is 1. The third kappa shape index (κ3) is 1.70. The van der Waals surface area contributed by atoms with Crippen molar-refractivity contribution >= 4 is 5.91 Å². The summed E-state index contributed by atoms with van der Waals surface area (Å²) in [5.41, 5.74) is 0. The van der Waals surface area contributed by atoms with E-state index in [0.29, 0.717) is 6.04 Å². The molecule has 1 saturated carbocycles. The van der Waals surface area contributed by atoms with Gasteiger partial charge in [-0.25, -0.2) is 0 Å². The monoisotopic (exact) mass is 182 g/mol. The molecule has 0 spiro atoms. The summed E-state index contributed by atoms with van der Waals surface area (Å²) in [7, 11) is 1.71. The quantitative estimate of drug-likeness (QED) is 0.625. The Kier molecular flexibility index (Phi) is 2.54. The molecule has 3 unspecified atom stereocenters. The number of nitrogens with one attached hydrogen (secondary N) is 2. The Morgan fingerprint density at radius 2 is 2.15 bits per heavy atom. The van der Waals surface area contributed by atoms with Gasteiger partial charge in [0.2, 0.25) is 5.91 Å². The van der Waals surface area contributed by atoms with Crippen LogP contribution in [-0.2, 0) is 4.79 Å². The van der Waals surface area contributed by atoms with Crippen molar-refractivity contribution in [1.82, 2.24) is 10.6 Å². The second-order valence-corrected chi connectivity index (χ2v) is 4.22. The molecule has 1 amide bonds. The first-order valence-corrected chi connectivity index (χ1v) is 5.29. The van der Waals surface area contributed by atoms with Crippen LogP contribution in [0, 0.1) is 5.92 Å². The molecule has 0 bridgehead atoms. The Morgan fingerprint density at radius 1 is 1.38 bits per heavy atom. The lowest BCUT2D eigenvalue weighted by atomic mass is 9.85. The van der Waals surface area contributed by atoms with Gasteiger partial charge in [-0.3, -0.25) is 4.79 Å². The van der Waals surface area contributed by atoms with Gasteiger partial charge in [-0.2, -0.15) is 0 Å². The van der Waals surface area contributed by atoms with Gasteiger partial charge in [-0.1, -0.05) is 12.8 Å². The summed E-state index contributed by atoms with van der Waals surface area (Å²) in [6, 6.07) is 0.703. The van der Waals surface area contributed by atoms with E-state index in [2.05, 4.69) is 10.6 Å². The van der Waals surface area contributed by atoms with Crippen molar-refractivity contribution in [1.29, 1.82) is 0 Å². The molecule has 3 nitrogen and oxygen atoms in total. The summed E-state index contributed by atoms with van der Waals surface area (Å²) in [6.07, 6.45) is 6.30. The molecule has 3 heteroatoms. The maximum atomic E-state index is 11.4. The van der Waals surface area contributed by atoms with Gasteiger partial charge >= 0.3 is 0 Å². The van der Waals surface area contributed by atoms with Crippen molar-refractivity contribution in [3.63, 3.8) is 0 Å². The van der Waals surface area contributed by atoms with Crippen LogP contribution in [0.4, 0.5) is 0 Å². The smallest absolute Gasteiger partial charge is 0.236 e. The van der Waals surface area contributed by atoms with E-state index >= 15 is 0 Å². The number of carbonyl (C=O) groups excluding carboxylic acids is 1. The van der Waals surface area contributed by atoms with E-state index in [1.807, 2.05) is 0 Å². The lowest BCUT2D eigenvalue weighted by Crippen LogP contribution is -2.41. The third-order valence-electron chi connectivity index (χ3n) is 3.43. The SMILES string of the molecule is CNC(=O)C1CC2CCCCC2N1. The molecule has 2 aliphatic rings. The highest BCUT2D eigenvalue weighted by molar-refractivity contribution is 5.81. The Bertz CT molecular complexity index is 191. The van der Waals surface area contributed by atoms with E-state index in [1.165, 1.54) is 25.7 Å². The summed E-state index contributed by atoms with van der Waals surface area (Å²) >= 11 is 0. The molecular weight excluding hydrogens is 164 g/mol. The zero-order chi connectivity index (χ0) is 9.26. The van der Waals surface area contributed by atoms with Crippen molar-refractivity contribution in [2.24, 2.45) is 5.92 Å². The number of hydrogen-bond acceptors (Lipinski definition) is 2. The van der Waals surface area contributed by atoms with Crippen LogP contribution in [0.3, 0.4) is 0 Å². The van der Waals surface area contributed by atoms with Crippen LogP contribution in [-0.4, -0.2) is 25.0 Å². The van der Waals surface area contributed by atoms with Crippen LogP contribution in [0.2, 0.25) is 0 Å². The fourth-order valence-corrected chi connectivity index (χ4v) is 2.70. The van der Waals surface area contributed by atoms with Gasteiger partial charge in [-0.15, -0.1) is 0 Å². The molecule has 0 aromatic carbocycles. The second-order valence-electron chi connectivity index (χ2n) is 4.22. The first kappa shape index (κ1) is 9.00. The number of fused-ring (bicyclic) bond motifs is 1. The second kappa shape index (κ2) is 3.66. The average Bonchev–Trinajstić information content (AvgIpc) is 2.59. The largest absolute Gasteiger partial charge is 0.358 e. The van der Waals surface area contributed by atoms with E-state index in [9.17, 15) is 4.79 Å². The molecule has 0 aromatic rings. The zero-order valence-electron chi connectivity index (χ0n) is 8.18. The predicted molar refractivity (Wildman–Crippen MR) is 51.4 cm³/mol. The van der Waals surface area contributed by atoms with Crippen LogP contribution < -0.4 is 10.6 Å². The van der Waals surface area contributed by atoms with Crippen LogP contribution in [0.15, 0.2) is 0 Å². The third-order valence-corrected chi connectivity index (χ3v) is 3.43. The molecule has 3 atom stereocenters. The maximum absolute atomic E-state index is 11.4. The molecule has 1 aliphatic carbocycles. The summed E-state index contributed by atoms with van der Waals surface area (Å²) in [6.45, 7) is 0. The van der Waals surface area contributed by atoms with Gasteiger partial charge in [-0.05, 0) is 25.2 Å². The van der Waals surface area contributed by atoms with Gasteiger partial charge < -0.3 is 10.6 Å². The molecule has 0 aromatic heterocycles. The van der Waals surface area contributed by atoms with Crippen LogP contribution in [0.1, 0.15) is 32.1 Å². The summed E-state index contributed by atoms with van der Waals surface area (Å²) < 4.78 is 0. The number of amides is 1. The molecule has 1 heterocycles. The van der Waals surface area contributed by atoms with Crippen LogP contribution >= 0.6 is 0 Å². The van der Waals surface area contributed by atoms with Gasteiger partial charge in [0, 0.05) is 13.1 Å². The number of rotatable bonds is 1. The highest BCUT2D eigenvalue weighted by Gasteiger charge is 2.37. The van der Waals surface area contributed by atoms with Gasteiger partial charge in [0.05, 0.1) is 6.04 Å². The van der Waals surface area contributed by atoms with Crippen molar-refractivity contribution in [2.45, 2.75) is 44.2 Å². The molecule has 2 N–H and O–H groups in total. The molecule has 2 rings (SSSR count). The highest BCUT2D eigenvalue weighted by atomic mass is 16.2. The highest BCUT2D eigenvalue weighted by Crippen LogP contribution is 2.33. The number of hydrogen-bond donors (Lipinski definition) is 2. The van der Waals surface area contributed by atoms with Crippen molar-refractivity contribution in [3.05, 3.63) is 0 Å². The molecule has 1 saturated heterocycles. The normalized spacial score (nSPS) is 38.4.